The van der Waals surface area contributed by atoms with Crippen LogP contribution in [0.2, 0.25) is 0 Å². The van der Waals surface area contributed by atoms with Crippen molar-refractivity contribution in [1.29, 1.82) is 0 Å². The lowest BCUT2D eigenvalue weighted by atomic mass is 9.83. The van der Waals surface area contributed by atoms with E-state index >= 15 is 0 Å². The molecule has 3 aromatic carbocycles. The molecule has 0 aromatic heterocycles. The summed E-state index contributed by atoms with van der Waals surface area (Å²) < 4.78 is 11.4. The Kier molecular flexibility index (Phi) is 9.56. The molecule has 0 radical (unpaired) electrons. The van der Waals surface area contributed by atoms with Crippen LogP contribution in [0.1, 0.15) is 62.5 Å². The van der Waals surface area contributed by atoms with E-state index in [1.165, 1.54) is 43.2 Å². The Bertz CT molecular complexity index is 1170. The van der Waals surface area contributed by atoms with Crippen molar-refractivity contribution in [1.82, 2.24) is 0 Å². The molecule has 3 aromatic rings. The standard InChI is InChI=1S/C33H38O4/c1-24(2)33(35)37-22-21-36-32-23-30(28-16-14-27(15-17-28)26-8-4-3-5-9-26)18-19-31(32)29-12-10-25(11-13-29)7-6-20-34/h10-19,23,26,34H,1,3-9,20-22H2,2H3. The first-order valence-corrected chi connectivity index (χ1v) is 13.4. The first-order chi connectivity index (χ1) is 18.0. The van der Waals surface area contributed by atoms with Crippen LogP contribution < -0.4 is 4.74 Å². The first-order valence-electron chi connectivity index (χ1n) is 13.4. The Hall–Kier alpha value is -3.37. The van der Waals surface area contributed by atoms with Gasteiger partial charge in [0.1, 0.15) is 19.0 Å². The Morgan fingerprint density at radius 3 is 2.24 bits per heavy atom. The third kappa shape index (κ3) is 7.33. The Labute approximate surface area is 221 Å². The van der Waals surface area contributed by atoms with E-state index in [0.717, 1.165) is 40.8 Å². The third-order valence-corrected chi connectivity index (χ3v) is 7.11. The van der Waals surface area contributed by atoms with Crippen molar-refractivity contribution in [3.05, 3.63) is 90.0 Å². The summed E-state index contributed by atoms with van der Waals surface area (Å²) in [7, 11) is 0. The van der Waals surface area contributed by atoms with Crippen LogP contribution in [0.4, 0.5) is 0 Å². The van der Waals surface area contributed by atoms with E-state index in [4.69, 9.17) is 14.6 Å². The number of hydrogen-bond acceptors (Lipinski definition) is 4. The highest BCUT2D eigenvalue weighted by Crippen LogP contribution is 2.37. The minimum absolute atomic E-state index is 0.158. The highest BCUT2D eigenvalue weighted by molar-refractivity contribution is 5.86. The normalized spacial score (nSPS) is 13.8. The maximum absolute atomic E-state index is 11.7. The van der Waals surface area contributed by atoms with Crippen molar-refractivity contribution in [3.63, 3.8) is 0 Å². The van der Waals surface area contributed by atoms with Crippen molar-refractivity contribution in [2.75, 3.05) is 19.8 Å². The fourth-order valence-corrected chi connectivity index (χ4v) is 4.99. The van der Waals surface area contributed by atoms with E-state index in [9.17, 15) is 4.79 Å². The van der Waals surface area contributed by atoms with Crippen LogP contribution in [-0.4, -0.2) is 30.9 Å². The third-order valence-electron chi connectivity index (χ3n) is 7.11. The van der Waals surface area contributed by atoms with Crippen molar-refractivity contribution in [2.45, 2.75) is 57.8 Å². The van der Waals surface area contributed by atoms with Gasteiger partial charge in [-0.1, -0.05) is 86.5 Å². The summed E-state index contributed by atoms with van der Waals surface area (Å²) in [4.78, 5) is 11.7. The average molecular weight is 499 g/mol. The van der Waals surface area contributed by atoms with Gasteiger partial charge in [0.15, 0.2) is 0 Å². The van der Waals surface area contributed by atoms with Crippen LogP contribution in [0.3, 0.4) is 0 Å². The first kappa shape index (κ1) is 26.7. The van der Waals surface area contributed by atoms with Crippen LogP contribution >= 0.6 is 0 Å². The molecular weight excluding hydrogens is 460 g/mol. The Morgan fingerprint density at radius 2 is 1.57 bits per heavy atom. The predicted molar refractivity (Wildman–Crippen MR) is 150 cm³/mol. The topological polar surface area (TPSA) is 55.8 Å². The summed E-state index contributed by atoms with van der Waals surface area (Å²) in [6.07, 6.45) is 8.22. The fourth-order valence-electron chi connectivity index (χ4n) is 4.99. The number of benzene rings is 3. The number of aliphatic hydroxyl groups excluding tert-OH is 1. The molecule has 4 rings (SSSR count). The second-order valence-electron chi connectivity index (χ2n) is 9.96. The van der Waals surface area contributed by atoms with Gasteiger partial charge in [0, 0.05) is 17.7 Å². The van der Waals surface area contributed by atoms with Gasteiger partial charge in [-0.15, -0.1) is 0 Å². The molecule has 0 atom stereocenters. The van der Waals surface area contributed by atoms with Crippen LogP contribution in [0.25, 0.3) is 22.3 Å². The molecule has 1 N–H and O–H groups in total. The van der Waals surface area contributed by atoms with Gasteiger partial charge in [0.2, 0.25) is 0 Å². The summed E-state index contributed by atoms with van der Waals surface area (Å²) in [6.45, 7) is 5.86. The zero-order chi connectivity index (χ0) is 26.0. The second kappa shape index (κ2) is 13.3. The Balaban J connectivity index is 1.55. The lowest BCUT2D eigenvalue weighted by Crippen LogP contribution is -2.12. The quantitative estimate of drug-likeness (QED) is 0.169. The van der Waals surface area contributed by atoms with Gasteiger partial charge < -0.3 is 14.6 Å². The highest BCUT2D eigenvalue weighted by atomic mass is 16.6. The van der Waals surface area contributed by atoms with Crippen LogP contribution in [0.5, 0.6) is 5.75 Å². The molecule has 0 unspecified atom stereocenters. The minimum Gasteiger partial charge on any atom is -0.489 e. The molecule has 0 amide bonds. The molecule has 0 saturated heterocycles. The number of aryl methyl sites for hydroxylation is 1. The zero-order valence-corrected chi connectivity index (χ0v) is 21.9. The average Bonchev–Trinajstić information content (AvgIpc) is 2.95. The number of hydrogen-bond donors (Lipinski definition) is 1. The number of ether oxygens (including phenoxy) is 2. The summed E-state index contributed by atoms with van der Waals surface area (Å²) in [5, 5.41) is 9.11. The van der Waals surface area contributed by atoms with Gasteiger partial charge in [0.05, 0.1) is 0 Å². The van der Waals surface area contributed by atoms with E-state index in [0.29, 0.717) is 11.5 Å². The van der Waals surface area contributed by atoms with E-state index in [-0.39, 0.29) is 19.8 Å². The molecule has 0 aliphatic heterocycles. The van der Waals surface area contributed by atoms with Gasteiger partial charge in [-0.25, -0.2) is 4.79 Å². The molecule has 37 heavy (non-hydrogen) atoms. The maximum Gasteiger partial charge on any atom is 0.333 e. The number of carbonyl (C=O) groups is 1. The molecule has 4 heteroatoms. The number of aliphatic hydroxyl groups is 1. The van der Waals surface area contributed by atoms with Crippen molar-refractivity contribution >= 4 is 5.97 Å². The maximum atomic E-state index is 11.7. The molecule has 1 aliphatic carbocycles. The molecule has 0 bridgehead atoms. The lowest BCUT2D eigenvalue weighted by molar-refractivity contribution is -0.139. The van der Waals surface area contributed by atoms with E-state index in [1.807, 2.05) is 0 Å². The van der Waals surface area contributed by atoms with Crippen molar-refractivity contribution < 1.29 is 19.4 Å². The summed E-state index contributed by atoms with van der Waals surface area (Å²) >= 11 is 0. The SMILES string of the molecule is C=C(C)C(=O)OCCOc1cc(-c2ccc(C3CCCCC3)cc2)ccc1-c1ccc(CCCO)cc1. The molecule has 1 fully saturated rings. The second-order valence-corrected chi connectivity index (χ2v) is 9.96. The number of carbonyl (C=O) groups excluding carboxylic acids is 1. The fraction of sp³-hybridized carbons (Fsp3) is 0.364. The van der Waals surface area contributed by atoms with Crippen molar-refractivity contribution in [3.8, 4) is 28.0 Å². The minimum atomic E-state index is -0.408. The summed E-state index contributed by atoms with van der Waals surface area (Å²) in [6, 6.07) is 23.7. The van der Waals surface area contributed by atoms with Gasteiger partial charge in [0.25, 0.3) is 0 Å². The van der Waals surface area contributed by atoms with Gasteiger partial charge >= 0.3 is 5.97 Å². The largest absolute Gasteiger partial charge is 0.489 e. The van der Waals surface area contributed by atoms with Gasteiger partial charge in [-0.3, -0.25) is 0 Å². The van der Waals surface area contributed by atoms with Gasteiger partial charge in [-0.2, -0.15) is 0 Å². The molecule has 194 valence electrons. The predicted octanol–water partition coefficient (Wildman–Crippen LogP) is 7.49. The van der Waals surface area contributed by atoms with E-state index < -0.39 is 5.97 Å². The van der Waals surface area contributed by atoms with Crippen molar-refractivity contribution in [2.24, 2.45) is 0 Å². The molecule has 0 heterocycles. The lowest BCUT2D eigenvalue weighted by Gasteiger charge is -2.22. The summed E-state index contributed by atoms with van der Waals surface area (Å²) in [5.41, 5.74) is 7.30. The van der Waals surface area contributed by atoms with Gasteiger partial charge in [-0.05, 0) is 72.4 Å². The molecule has 1 aliphatic rings. The molecular formula is C33H38O4. The number of rotatable bonds is 11. The van der Waals surface area contributed by atoms with E-state index in [2.05, 4.69) is 73.3 Å². The smallest absolute Gasteiger partial charge is 0.333 e. The van der Waals surface area contributed by atoms with Crippen LogP contribution in [0, 0.1) is 0 Å². The number of esters is 1. The summed E-state index contributed by atoms with van der Waals surface area (Å²) in [5.74, 6) is 1.03. The Morgan fingerprint density at radius 1 is 0.892 bits per heavy atom. The molecule has 1 saturated carbocycles. The van der Waals surface area contributed by atoms with Crippen LogP contribution in [0.15, 0.2) is 78.9 Å². The molecule has 4 nitrogen and oxygen atoms in total. The zero-order valence-electron chi connectivity index (χ0n) is 21.9. The highest BCUT2D eigenvalue weighted by Gasteiger charge is 2.16. The monoisotopic (exact) mass is 498 g/mol. The van der Waals surface area contributed by atoms with Crippen LogP contribution in [-0.2, 0) is 16.0 Å². The molecule has 0 spiro atoms. The van der Waals surface area contributed by atoms with E-state index in [1.54, 1.807) is 6.92 Å².